The molecule has 3 N–H and O–H groups in total. The Morgan fingerprint density at radius 1 is 1.33 bits per heavy atom. The Bertz CT molecular complexity index is 514. The average molecular weight is 375 g/mol. The van der Waals surface area contributed by atoms with Crippen molar-refractivity contribution in [3.05, 3.63) is 27.7 Å². The predicted molar refractivity (Wildman–Crippen MR) is 90.2 cm³/mol. The molecule has 1 rings (SSSR count). The lowest BCUT2D eigenvalue weighted by Crippen LogP contribution is -2.43. The number of halogens is 1. The number of urea groups is 1. The molecule has 0 saturated heterocycles. The topological polar surface area (TPSA) is 78.4 Å². The highest BCUT2D eigenvalue weighted by Crippen LogP contribution is 2.24. The Morgan fingerprint density at radius 2 is 1.90 bits per heavy atom. The van der Waals surface area contributed by atoms with E-state index in [1.54, 1.807) is 11.8 Å². The van der Waals surface area contributed by atoms with Crippen LogP contribution in [0.25, 0.3) is 0 Å². The Labute approximate surface area is 137 Å². The molecule has 2 amide bonds. The Balaban J connectivity index is 2.70. The molecule has 0 aromatic heterocycles. The molecule has 7 heteroatoms. The molecule has 5 nitrogen and oxygen atoms in total. The van der Waals surface area contributed by atoms with Crippen molar-refractivity contribution in [3.8, 4) is 0 Å². The van der Waals surface area contributed by atoms with Crippen molar-refractivity contribution in [2.24, 2.45) is 0 Å². The summed E-state index contributed by atoms with van der Waals surface area (Å²) in [6, 6.07) is 2.27. The van der Waals surface area contributed by atoms with Gasteiger partial charge in [0.05, 0.1) is 0 Å². The van der Waals surface area contributed by atoms with Gasteiger partial charge in [0.1, 0.15) is 6.04 Å². The number of benzene rings is 1. The number of hydrogen-bond acceptors (Lipinski definition) is 3. The van der Waals surface area contributed by atoms with Crippen molar-refractivity contribution in [2.45, 2.75) is 26.3 Å². The van der Waals surface area contributed by atoms with E-state index in [4.69, 9.17) is 5.11 Å². The number of anilines is 1. The van der Waals surface area contributed by atoms with Crippen LogP contribution < -0.4 is 10.6 Å². The zero-order valence-corrected chi connectivity index (χ0v) is 14.6. The summed E-state index contributed by atoms with van der Waals surface area (Å²) < 4.78 is 0.997. The fraction of sp³-hybridized carbons (Fsp3) is 0.429. The minimum Gasteiger partial charge on any atom is -0.480 e. The van der Waals surface area contributed by atoms with Crippen LogP contribution in [0, 0.1) is 13.8 Å². The number of carboxylic acid groups (broad SMARTS) is 1. The average Bonchev–Trinajstić information content (AvgIpc) is 2.40. The van der Waals surface area contributed by atoms with Gasteiger partial charge in [-0.05, 0) is 55.5 Å². The van der Waals surface area contributed by atoms with E-state index in [-0.39, 0.29) is 0 Å². The Morgan fingerprint density at radius 3 is 2.38 bits per heavy atom. The fourth-order valence-electron chi connectivity index (χ4n) is 1.84. The highest BCUT2D eigenvalue weighted by Gasteiger charge is 2.19. The SMILES string of the molecule is CSCC[C@H](NC(=O)Nc1cc(C)c(Br)c(C)c1)C(=O)O. The molecule has 116 valence electrons. The lowest BCUT2D eigenvalue weighted by molar-refractivity contribution is -0.139. The van der Waals surface area contributed by atoms with Gasteiger partial charge >= 0.3 is 12.0 Å². The van der Waals surface area contributed by atoms with E-state index in [0.29, 0.717) is 17.9 Å². The van der Waals surface area contributed by atoms with E-state index < -0.39 is 18.0 Å². The summed E-state index contributed by atoms with van der Waals surface area (Å²) in [6.07, 6.45) is 2.29. The number of carbonyl (C=O) groups is 2. The number of rotatable bonds is 6. The predicted octanol–water partition coefficient (Wildman–Crippen LogP) is 3.39. The van der Waals surface area contributed by atoms with E-state index in [2.05, 4.69) is 26.6 Å². The number of nitrogens with one attached hydrogen (secondary N) is 2. The van der Waals surface area contributed by atoms with Gasteiger partial charge in [-0.2, -0.15) is 11.8 Å². The van der Waals surface area contributed by atoms with Crippen LogP contribution in [0.15, 0.2) is 16.6 Å². The van der Waals surface area contributed by atoms with Gasteiger partial charge in [-0.1, -0.05) is 15.9 Å². The molecule has 0 radical (unpaired) electrons. The summed E-state index contributed by atoms with van der Waals surface area (Å²) in [7, 11) is 0. The number of carboxylic acids is 1. The third kappa shape index (κ3) is 5.59. The first-order valence-corrected chi connectivity index (χ1v) is 8.59. The molecular formula is C14H19BrN2O3S. The number of aryl methyl sites for hydroxylation is 2. The van der Waals surface area contributed by atoms with E-state index in [1.807, 2.05) is 32.2 Å². The summed E-state index contributed by atoms with van der Waals surface area (Å²) >= 11 is 5.00. The van der Waals surface area contributed by atoms with Crippen LogP contribution >= 0.6 is 27.7 Å². The van der Waals surface area contributed by atoms with Crippen molar-refractivity contribution in [1.29, 1.82) is 0 Å². The van der Waals surface area contributed by atoms with Gasteiger partial charge in [-0.25, -0.2) is 9.59 Å². The van der Waals surface area contributed by atoms with Crippen LogP contribution in [0.3, 0.4) is 0 Å². The Hall–Kier alpha value is -1.21. The second kappa shape index (κ2) is 8.29. The van der Waals surface area contributed by atoms with Crippen LogP contribution in [0.2, 0.25) is 0 Å². The number of carbonyl (C=O) groups excluding carboxylic acids is 1. The summed E-state index contributed by atoms with van der Waals surface area (Å²) in [6.45, 7) is 3.86. The molecule has 0 bridgehead atoms. The molecule has 1 aromatic rings. The first kappa shape index (κ1) is 17.8. The summed E-state index contributed by atoms with van der Waals surface area (Å²) in [4.78, 5) is 23.0. The monoisotopic (exact) mass is 374 g/mol. The van der Waals surface area contributed by atoms with Crippen molar-refractivity contribution in [3.63, 3.8) is 0 Å². The minimum absolute atomic E-state index is 0.391. The first-order valence-electron chi connectivity index (χ1n) is 6.41. The van der Waals surface area contributed by atoms with Gasteiger partial charge < -0.3 is 15.7 Å². The van der Waals surface area contributed by atoms with Crippen molar-refractivity contribution in [1.82, 2.24) is 5.32 Å². The van der Waals surface area contributed by atoms with E-state index in [1.165, 1.54) is 0 Å². The third-order valence-corrected chi connectivity index (χ3v) is 4.80. The Kier molecular flexibility index (Phi) is 7.04. The molecule has 1 aromatic carbocycles. The van der Waals surface area contributed by atoms with Gasteiger partial charge in [0, 0.05) is 10.2 Å². The summed E-state index contributed by atoms with van der Waals surface area (Å²) in [5, 5.41) is 14.2. The van der Waals surface area contributed by atoms with E-state index >= 15 is 0 Å². The zero-order valence-electron chi connectivity index (χ0n) is 12.2. The van der Waals surface area contributed by atoms with E-state index in [0.717, 1.165) is 15.6 Å². The molecule has 0 fully saturated rings. The molecule has 0 spiro atoms. The molecule has 0 aliphatic carbocycles. The van der Waals surface area contributed by atoms with Crippen LogP contribution in [-0.2, 0) is 4.79 Å². The van der Waals surface area contributed by atoms with Crippen LogP contribution in [0.1, 0.15) is 17.5 Å². The van der Waals surface area contributed by atoms with Gasteiger partial charge in [0.25, 0.3) is 0 Å². The number of amides is 2. The molecule has 0 unspecified atom stereocenters. The minimum atomic E-state index is -1.03. The maximum Gasteiger partial charge on any atom is 0.326 e. The van der Waals surface area contributed by atoms with Crippen LogP contribution in [0.5, 0.6) is 0 Å². The summed E-state index contributed by atoms with van der Waals surface area (Å²) in [5.41, 5.74) is 2.64. The summed E-state index contributed by atoms with van der Waals surface area (Å²) in [5.74, 6) is -0.351. The van der Waals surface area contributed by atoms with Gasteiger partial charge in [-0.15, -0.1) is 0 Å². The highest BCUT2D eigenvalue weighted by molar-refractivity contribution is 9.10. The van der Waals surface area contributed by atoms with Crippen molar-refractivity contribution in [2.75, 3.05) is 17.3 Å². The van der Waals surface area contributed by atoms with Crippen LogP contribution in [0.4, 0.5) is 10.5 Å². The quantitative estimate of drug-likeness (QED) is 0.712. The number of aliphatic carboxylic acids is 1. The fourth-order valence-corrected chi connectivity index (χ4v) is 2.54. The largest absolute Gasteiger partial charge is 0.480 e. The molecule has 0 heterocycles. The standard InChI is InChI=1S/C14H19BrN2O3S/c1-8-6-10(7-9(2)12(8)15)16-14(20)17-11(13(18)19)4-5-21-3/h6-7,11H,4-5H2,1-3H3,(H,18,19)(H2,16,17,20)/t11-/m0/s1. The second-order valence-electron chi connectivity index (χ2n) is 4.69. The number of hydrogen-bond donors (Lipinski definition) is 3. The van der Waals surface area contributed by atoms with Gasteiger partial charge in [0.15, 0.2) is 0 Å². The molecule has 0 aliphatic rings. The second-order valence-corrected chi connectivity index (χ2v) is 6.47. The lowest BCUT2D eigenvalue weighted by Gasteiger charge is -2.15. The van der Waals surface area contributed by atoms with Crippen molar-refractivity contribution >= 4 is 45.4 Å². The number of thioether (sulfide) groups is 1. The molecule has 1 atom stereocenters. The van der Waals surface area contributed by atoms with Crippen molar-refractivity contribution < 1.29 is 14.7 Å². The zero-order chi connectivity index (χ0) is 16.0. The maximum absolute atomic E-state index is 11.9. The molecule has 21 heavy (non-hydrogen) atoms. The third-order valence-electron chi connectivity index (χ3n) is 2.91. The molecule has 0 aliphatic heterocycles. The highest BCUT2D eigenvalue weighted by atomic mass is 79.9. The lowest BCUT2D eigenvalue weighted by atomic mass is 10.1. The molecular weight excluding hydrogens is 356 g/mol. The maximum atomic E-state index is 11.9. The molecule has 0 saturated carbocycles. The van der Waals surface area contributed by atoms with E-state index in [9.17, 15) is 9.59 Å². The normalized spacial score (nSPS) is 11.8. The van der Waals surface area contributed by atoms with Gasteiger partial charge in [-0.3, -0.25) is 0 Å². The first-order chi connectivity index (χ1) is 9.85. The van der Waals surface area contributed by atoms with Crippen LogP contribution in [-0.4, -0.2) is 35.2 Å². The van der Waals surface area contributed by atoms with Gasteiger partial charge in [0.2, 0.25) is 0 Å². The smallest absolute Gasteiger partial charge is 0.326 e.